The van der Waals surface area contributed by atoms with Crippen LogP contribution in [0.15, 0.2) is 0 Å². The molecule has 0 aromatic heterocycles. The number of carbonyl (C=O) groups excluding carboxylic acids is 2. The average molecular weight is 240 g/mol. The third-order valence-electron chi connectivity index (χ3n) is 3.51. The Labute approximate surface area is 100 Å². The minimum atomic E-state index is -0.0624. The lowest BCUT2D eigenvalue weighted by Crippen LogP contribution is -2.33. The number of hydrogen-bond acceptors (Lipinski definition) is 3. The summed E-state index contributed by atoms with van der Waals surface area (Å²) in [6.07, 6.45) is 4.27. The average Bonchev–Trinajstić information content (AvgIpc) is 2.50. The van der Waals surface area contributed by atoms with E-state index >= 15 is 0 Å². The Bertz CT molecular complexity index is 319. The molecule has 5 heteroatoms. The Balaban J connectivity index is 2.06. The minimum Gasteiger partial charge on any atom is -0.393 e. The van der Waals surface area contributed by atoms with Crippen LogP contribution in [0.1, 0.15) is 32.1 Å². The number of imide groups is 1. The van der Waals surface area contributed by atoms with Crippen molar-refractivity contribution in [1.29, 1.82) is 0 Å². The molecule has 1 heterocycles. The molecule has 2 amide bonds. The van der Waals surface area contributed by atoms with Gasteiger partial charge in [-0.1, -0.05) is 25.1 Å². The molecular weight excluding hydrogens is 224 g/mol. The fourth-order valence-electron chi connectivity index (χ4n) is 2.67. The van der Waals surface area contributed by atoms with Crippen LogP contribution >= 0.6 is 12.2 Å². The highest BCUT2D eigenvalue weighted by molar-refractivity contribution is 7.80. The normalized spacial score (nSPS) is 29.4. The number of likely N-dealkylation sites (tertiary alicyclic amines) is 1. The number of thiocarbonyl (C=S) groups is 1. The van der Waals surface area contributed by atoms with Gasteiger partial charge in [0.05, 0.1) is 16.8 Å². The maximum atomic E-state index is 12.0. The van der Waals surface area contributed by atoms with Gasteiger partial charge in [0, 0.05) is 13.0 Å². The van der Waals surface area contributed by atoms with Gasteiger partial charge in [0.1, 0.15) is 0 Å². The van der Waals surface area contributed by atoms with E-state index in [1.165, 1.54) is 4.90 Å². The van der Waals surface area contributed by atoms with Crippen molar-refractivity contribution in [2.45, 2.75) is 32.1 Å². The summed E-state index contributed by atoms with van der Waals surface area (Å²) in [6.45, 7) is 0.361. The molecule has 2 rings (SSSR count). The first-order chi connectivity index (χ1) is 7.61. The quantitative estimate of drug-likeness (QED) is 0.586. The van der Waals surface area contributed by atoms with Crippen LogP contribution in [-0.2, 0) is 9.59 Å². The first-order valence-electron chi connectivity index (χ1n) is 5.75. The smallest absolute Gasteiger partial charge is 0.233 e. The summed E-state index contributed by atoms with van der Waals surface area (Å²) >= 11 is 4.76. The van der Waals surface area contributed by atoms with Crippen LogP contribution in [0.4, 0.5) is 0 Å². The van der Waals surface area contributed by atoms with Crippen molar-refractivity contribution in [1.82, 2.24) is 4.90 Å². The monoisotopic (exact) mass is 240 g/mol. The van der Waals surface area contributed by atoms with Gasteiger partial charge in [-0.3, -0.25) is 14.5 Å². The summed E-state index contributed by atoms with van der Waals surface area (Å²) in [6, 6.07) is 0. The van der Waals surface area contributed by atoms with E-state index in [2.05, 4.69) is 0 Å². The molecule has 0 bridgehead atoms. The van der Waals surface area contributed by atoms with Crippen LogP contribution in [0.2, 0.25) is 0 Å². The molecule has 1 saturated heterocycles. The number of rotatable bonds is 3. The Kier molecular flexibility index (Phi) is 3.23. The Morgan fingerprint density at radius 1 is 1.25 bits per heavy atom. The highest BCUT2D eigenvalue weighted by Gasteiger charge is 2.47. The highest BCUT2D eigenvalue weighted by Crippen LogP contribution is 2.37. The lowest BCUT2D eigenvalue weighted by molar-refractivity contribution is -0.139. The molecule has 2 atom stereocenters. The van der Waals surface area contributed by atoms with Crippen molar-refractivity contribution in [3.8, 4) is 0 Å². The third-order valence-corrected chi connectivity index (χ3v) is 3.72. The van der Waals surface area contributed by atoms with E-state index in [0.29, 0.717) is 18.0 Å². The largest absolute Gasteiger partial charge is 0.393 e. The van der Waals surface area contributed by atoms with Crippen molar-refractivity contribution in [3.05, 3.63) is 0 Å². The number of nitrogens with zero attached hydrogens (tertiary/aromatic N) is 1. The predicted molar refractivity (Wildman–Crippen MR) is 63.6 cm³/mol. The van der Waals surface area contributed by atoms with Gasteiger partial charge in [0.2, 0.25) is 11.8 Å². The van der Waals surface area contributed by atoms with E-state index in [9.17, 15) is 9.59 Å². The first-order valence-corrected chi connectivity index (χ1v) is 6.15. The fourth-order valence-corrected chi connectivity index (χ4v) is 2.76. The molecule has 0 aromatic carbocycles. The Morgan fingerprint density at radius 2 is 1.75 bits per heavy atom. The van der Waals surface area contributed by atoms with Gasteiger partial charge >= 0.3 is 0 Å². The molecule has 2 unspecified atom stereocenters. The van der Waals surface area contributed by atoms with Crippen molar-refractivity contribution < 1.29 is 9.59 Å². The predicted octanol–water partition coefficient (Wildman–Crippen LogP) is 0.838. The second kappa shape index (κ2) is 4.49. The van der Waals surface area contributed by atoms with Gasteiger partial charge in [0.15, 0.2) is 0 Å². The van der Waals surface area contributed by atoms with E-state index < -0.39 is 0 Å². The maximum Gasteiger partial charge on any atom is 0.233 e. The van der Waals surface area contributed by atoms with Crippen LogP contribution in [0.25, 0.3) is 0 Å². The summed E-state index contributed by atoms with van der Waals surface area (Å²) in [7, 11) is 0. The van der Waals surface area contributed by atoms with Gasteiger partial charge < -0.3 is 5.73 Å². The zero-order chi connectivity index (χ0) is 11.7. The number of nitrogens with two attached hydrogens (primary N) is 1. The van der Waals surface area contributed by atoms with Crippen molar-refractivity contribution in [2.24, 2.45) is 17.6 Å². The molecule has 1 aliphatic carbocycles. The molecule has 1 aliphatic heterocycles. The van der Waals surface area contributed by atoms with Gasteiger partial charge in [-0.25, -0.2) is 0 Å². The van der Waals surface area contributed by atoms with E-state index in [1.54, 1.807) is 0 Å². The fraction of sp³-hybridized carbons (Fsp3) is 0.727. The van der Waals surface area contributed by atoms with Crippen LogP contribution in [0.5, 0.6) is 0 Å². The summed E-state index contributed by atoms with van der Waals surface area (Å²) in [4.78, 5) is 25.7. The van der Waals surface area contributed by atoms with Crippen LogP contribution in [-0.4, -0.2) is 28.2 Å². The van der Waals surface area contributed by atoms with Gasteiger partial charge in [-0.05, 0) is 12.8 Å². The molecule has 2 aliphatic rings. The van der Waals surface area contributed by atoms with E-state index in [0.717, 1.165) is 25.7 Å². The SMILES string of the molecule is NC(=S)CCN1C(=O)C2CCCCC2C1=O. The van der Waals surface area contributed by atoms with E-state index in [4.69, 9.17) is 18.0 Å². The van der Waals surface area contributed by atoms with Gasteiger partial charge in [0.25, 0.3) is 0 Å². The molecular formula is C11H16N2O2S. The summed E-state index contributed by atoms with van der Waals surface area (Å²) in [5.74, 6) is -0.142. The summed E-state index contributed by atoms with van der Waals surface area (Å²) in [5, 5.41) is 0. The second-order valence-electron chi connectivity index (χ2n) is 4.54. The lowest BCUT2D eigenvalue weighted by atomic mass is 9.81. The van der Waals surface area contributed by atoms with E-state index in [1.807, 2.05) is 0 Å². The molecule has 1 saturated carbocycles. The van der Waals surface area contributed by atoms with Crippen LogP contribution in [0.3, 0.4) is 0 Å². The molecule has 0 aromatic rings. The topological polar surface area (TPSA) is 63.4 Å². The van der Waals surface area contributed by atoms with Crippen molar-refractivity contribution in [2.75, 3.05) is 6.54 Å². The van der Waals surface area contributed by atoms with Crippen LogP contribution in [0, 0.1) is 11.8 Å². The van der Waals surface area contributed by atoms with Crippen molar-refractivity contribution >= 4 is 29.0 Å². The van der Waals surface area contributed by atoms with Gasteiger partial charge in [-0.2, -0.15) is 0 Å². The van der Waals surface area contributed by atoms with Crippen molar-refractivity contribution in [3.63, 3.8) is 0 Å². The third kappa shape index (κ3) is 1.96. The molecule has 2 N–H and O–H groups in total. The Morgan fingerprint density at radius 3 is 2.19 bits per heavy atom. The summed E-state index contributed by atoms with van der Waals surface area (Å²) in [5.41, 5.74) is 5.39. The lowest BCUT2D eigenvalue weighted by Gasteiger charge is -2.19. The molecule has 2 fully saturated rings. The number of amides is 2. The molecule has 88 valence electrons. The Hall–Kier alpha value is -0.970. The first kappa shape index (κ1) is 11.5. The second-order valence-corrected chi connectivity index (χ2v) is 5.07. The zero-order valence-corrected chi connectivity index (χ0v) is 9.96. The zero-order valence-electron chi connectivity index (χ0n) is 9.15. The standard InChI is InChI=1S/C11H16N2O2S/c12-9(16)5-6-13-10(14)7-3-1-2-4-8(7)11(13)15/h7-8H,1-6H2,(H2,12,16). The maximum absolute atomic E-state index is 12.0. The molecule has 16 heavy (non-hydrogen) atoms. The molecule has 4 nitrogen and oxygen atoms in total. The van der Waals surface area contributed by atoms with Gasteiger partial charge in [-0.15, -0.1) is 0 Å². The minimum absolute atomic E-state index is 0.00838. The number of carbonyl (C=O) groups is 2. The number of hydrogen-bond donors (Lipinski definition) is 1. The van der Waals surface area contributed by atoms with Crippen LogP contribution < -0.4 is 5.73 Å². The van der Waals surface area contributed by atoms with E-state index in [-0.39, 0.29) is 23.7 Å². The highest BCUT2D eigenvalue weighted by atomic mass is 32.1. The number of fused-ring (bicyclic) bond motifs is 1. The summed E-state index contributed by atoms with van der Waals surface area (Å²) < 4.78 is 0. The molecule has 0 radical (unpaired) electrons. The molecule has 0 spiro atoms.